The Morgan fingerprint density at radius 1 is 1.48 bits per heavy atom. The van der Waals surface area contributed by atoms with Crippen LogP contribution in [-0.2, 0) is 14.2 Å². The molecule has 0 amide bonds. The van der Waals surface area contributed by atoms with Crippen molar-refractivity contribution in [2.45, 2.75) is 51.6 Å². The highest BCUT2D eigenvalue weighted by Crippen LogP contribution is 2.54. The monoisotopic (exact) mass is 391 g/mol. The molecule has 1 fully saturated rings. The fourth-order valence-corrected chi connectivity index (χ4v) is 2.59. The SMILES string of the molecule is CC(C)(C)OC(=O)OC[C@H]1O[C@H](n2ccc(N)nc2=O)C(F)(F)[C@]1(C)CO. The molecule has 0 radical (unpaired) electrons. The standard InChI is InChI=1S/C16H23F2N3O6/c1-14(2,3)27-13(24)25-7-9-15(4,8-22)16(17,18)11(26-9)21-6-5-10(19)20-12(21)23/h5-6,9,11,22H,7-8H2,1-4H3,(H2,19,20,23)/t9-,11+,15-/m1/s1. The third kappa shape index (κ3) is 4.03. The van der Waals surface area contributed by atoms with Gasteiger partial charge in [-0.15, -0.1) is 0 Å². The Morgan fingerprint density at radius 2 is 2.11 bits per heavy atom. The van der Waals surface area contributed by atoms with Crippen LogP contribution in [0.15, 0.2) is 17.1 Å². The first-order valence-electron chi connectivity index (χ1n) is 8.16. The van der Waals surface area contributed by atoms with Crippen molar-refractivity contribution in [2.24, 2.45) is 5.41 Å². The normalized spacial score (nSPS) is 27.4. The summed E-state index contributed by atoms with van der Waals surface area (Å²) in [6.07, 6.45) is -3.50. The number of rotatable bonds is 4. The molecule has 152 valence electrons. The third-order valence-corrected chi connectivity index (χ3v) is 4.25. The number of aliphatic hydroxyl groups is 1. The van der Waals surface area contributed by atoms with Crippen molar-refractivity contribution in [3.8, 4) is 0 Å². The molecule has 1 saturated heterocycles. The van der Waals surface area contributed by atoms with E-state index in [0.29, 0.717) is 4.57 Å². The molecular weight excluding hydrogens is 368 g/mol. The first-order valence-corrected chi connectivity index (χ1v) is 8.16. The van der Waals surface area contributed by atoms with Crippen LogP contribution in [0.25, 0.3) is 0 Å². The van der Waals surface area contributed by atoms with E-state index in [1.54, 1.807) is 20.8 Å². The summed E-state index contributed by atoms with van der Waals surface area (Å²) in [5, 5.41) is 9.61. The summed E-state index contributed by atoms with van der Waals surface area (Å²) in [6, 6.07) is 1.17. The summed E-state index contributed by atoms with van der Waals surface area (Å²) in [4.78, 5) is 27.0. The van der Waals surface area contributed by atoms with Crippen LogP contribution in [0.1, 0.15) is 33.9 Å². The highest BCUT2D eigenvalue weighted by Gasteiger charge is 2.67. The van der Waals surface area contributed by atoms with E-state index in [1.165, 1.54) is 6.07 Å². The minimum atomic E-state index is -3.68. The number of alkyl halides is 2. The van der Waals surface area contributed by atoms with Gasteiger partial charge < -0.3 is 25.1 Å². The first kappa shape index (κ1) is 21.0. The molecule has 1 aliphatic heterocycles. The summed E-state index contributed by atoms with van der Waals surface area (Å²) in [6.45, 7) is 4.34. The van der Waals surface area contributed by atoms with Crippen LogP contribution in [0.4, 0.5) is 19.4 Å². The van der Waals surface area contributed by atoms with Crippen molar-refractivity contribution in [3.63, 3.8) is 0 Å². The molecule has 9 nitrogen and oxygen atoms in total. The number of hydrogen-bond donors (Lipinski definition) is 2. The van der Waals surface area contributed by atoms with E-state index < -0.39 is 54.3 Å². The number of aromatic nitrogens is 2. The Labute approximate surface area is 154 Å². The molecule has 2 heterocycles. The quantitative estimate of drug-likeness (QED) is 0.736. The number of ether oxygens (including phenoxy) is 3. The Bertz CT molecular complexity index is 763. The van der Waals surface area contributed by atoms with E-state index in [1.807, 2.05) is 0 Å². The number of carbonyl (C=O) groups excluding carboxylic acids is 1. The second kappa shape index (κ2) is 7.04. The molecule has 0 aliphatic carbocycles. The molecule has 3 atom stereocenters. The summed E-state index contributed by atoms with van der Waals surface area (Å²) in [7, 11) is 0. The molecule has 3 N–H and O–H groups in total. The van der Waals surface area contributed by atoms with Crippen LogP contribution in [0, 0.1) is 5.41 Å². The Morgan fingerprint density at radius 3 is 2.63 bits per heavy atom. The number of anilines is 1. The molecule has 0 bridgehead atoms. The van der Waals surface area contributed by atoms with Gasteiger partial charge in [0, 0.05) is 6.20 Å². The van der Waals surface area contributed by atoms with Crippen LogP contribution in [0.3, 0.4) is 0 Å². The van der Waals surface area contributed by atoms with Gasteiger partial charge in [0.25, 0.3) is 0 Å². The average molecular weight is 391 g/mol. The molecule has 0 spiro atoms. The van der Waals surface area contributed by atoms with Crippen LogP contribution < -0.4 is 11.4 Å². The zero-order chi connectivity index (χ0) is 20.6. The van der Waals surface area contributed by atoms with E-state index in [-0.39, 0.29) is 5.82 Å². The van der Waals surface area contributed by atoms with Crippen LogP contribution in [-0.4, -0.2) is 51.7 Å². The van der Waals surface area contributed by atoms with Gasteiger partial charge in [-0.25, -0.2) is 18.4 Å². The second-order valence-corrected chi connectivity index (χ2v) is 7.49. The Kier molecular flexibility index (Phi) is 5.48. The summed E-state index contributed by atoms with van der Waals surface area (Å²) in [5.74, 6) is -3.81. The molecular formula is C16H23F2N3O6. The molecule has 0 saturated carbocycles. The molecule has 0 unspecified atom stereocenters. The summed E-state index contributed by atoms with van der Waals surface area (Å²) >= 11 is 0. The van der Waals surface area contributed by atoms with Gasteiger partial charge in [-0.1, -0.05) is 0 Å². The van der Waals surface area contributed by atoms with Crippen LogP contribution in [0.2, 0.25) is 0 Å². The Balaban J connectivity index is 2.26. The van der Waals surface area contributed by atoms with Crippen molar-refractivity contribution < 1.29 is 32.9 Å². The lowest BCUT2D eigenvalue weighted by molar-refractivity contribution is -0.154. The largest absolute Gasteiger partial charge is 0.508 e. The molecule has 11 heteroatoms. The lowest BCUT2D eigenvalue weighted by Gasteiger charge is -2.32. The van der Waals surface area contributed by atoms with Gasteiger partial charge in [0.2, 0.25) is 6.23 Å². The van der Waals surface area contributed by atoms with Crippen LogP contribution >= 0.6 is 0 Å². The van der Waals surface area contributed by atoms with Gasteiger partial charge >= 0.3 is 17.8 Å². The van der Waals surface area contributed by atoms with Gasteiger partial charge in [-0.2, -0.15) is 4.98 Å². The number of nitrogen functional groups attached to an aromatic ring is 1. The molecule has 27 heavy (non-hydrogen) atoms. The van der Waals surface area contributed by atoms with E-state index in [9.17, 15) is 23.5 Å². The fraction of sp³-hybridized carbons (Fsp3) is 0.688. The van der Waals surface area contributed by atoms with Crippen molar-refractivity contribution >= 4 is 12.0 Å². The van der Waals surface area contributed by atoms with Gasteiger partial charge in [-0.05, 0) is 33.8 Å². The van der Waals surface area contributed by atoms with Crippen LogP contribution in [0.5, 0.6) is 0 Å². The minimum absolute atomic E-state index is 0.132. The number of halogens is 2. The fourth-order valence-electron chi connectivity index (χ4n) is 2.59. The van der Waals surface area contributed by atoms with Crippen molar-refractivity contribution in [1.82, 2.24) is 9.55 Å². The van der Waals surface area contributed by atoms with Crippen molar-refractivity contribution in [1.29, 1.82) is 0 Å². The van der Waals surface area contributed by atoms with Crippen molar-refractivity contribution in [2.75, 3.05) is 18.9 Å². The van der Waals surface area contributed by atoms with Crippen molar-refractivity contribution in [3.05, 3.63) is 22.7 Å². The number of carbonyl (C=O) groups is 1. The van der Waals surface area contributed by atoms with Gasteiger partial charge in [0.05, 0.1) is 12.0 Å². The molecule has 2 rings (SSSR count). The minimum Gasteiger partial charge on any atom is -0.431 e. The predicted octanol–water partition coefficient (Wildman–Crippen LogP) is 1.31. The second-order valence-electron chi connectivity index (χ2n) is 7.49. The Hall–Kier alpha value is -2.27. The van der Waals surface area contributed by atoms with E-state index in [4.69, 9.17) is 19.9 Å². The third-order valence-electron chi connectivity index (χ3n) is 4.25. The molecule has 1 aromatic heterocycles. The maximum atomic E-state index is 15.0. The summed E-state index contributed by atoms with van der Waals surface area (Å²) < 4.78 is 45.7. The maximum Gasteiger partial charge on any atom is 0.508 e. The van der Waals surface area contributed by atoms with E-state index in [2.05, 4.69) is 4.98 Å². The van der Waals surface area contributed by atoms with Gasteiger partial charge in [-0.3, -0.25) is 4.57 Å². The lowest BCUT2D eigenvalue weighted by Crippen LogP contribution is -2.48. The van der Waals surface area contributed by atoms with Gasteiger partial charge in [0.1, 0.15) is 24.1 Å². The average Bonchev–Trinajstić information content (AvgIpc) is 2.72. The topological polar surface area (TPSA) is 126 Å². The number of hydrogen-bond acceptors (Lipinski definition) is 8. The lowest BCUT2D eigenvalue weighted by atomic mass is 9.80. The molecule has 0 aromatic carbocycles. The maximum absolute atomic E-state index is 15.0. The van der Waals surface area contributed by atoms with E-state index >= 15 is 0 Å². The van der Waals surface area contributed by atoms with Gasteiger partial charge in [0.15, 0.2) is 0 Å². The smallest absolute Gasteiger partial charge is 0.431 e. The summed E-state index contributed by atoms with van der Waals surface area (Å²) in [5.41, 5.74) is 1.38. The van der Waals surface area contributed by atoms with E-state index in [0.717, 1.165) is 13.1 Å². The zero-order valence-corrected chi connectivity index (χ0v) is 15.4. The predicted molar refractivity (Wildman–Crippen MR) is 89.1 cm³/mol. The number of nitrogens with zero attached hydrogens (tertiary/aromatic N) is 2. The zero-order valence-electron chi connectivity index (χ0n) is 15.4. The highest BCUT2D eigenvalue weighted by atomic mass is 19.3. The number of aliphatic hydroxyl groups excluding tert-OH is 1. The highest BCUT2D eigenvalue weighted by molar-refractivity contribution is 5.60. The molecule has 1 aromatic rings. The number of nitrogens with two attached hydrogens (primary N) is 1. The first-order chi connectivity index (χ1) is 12.3. The molecule has 1 aliphatic rings.